The quantitative estimate of drug-likeness (QED) is 0.0718. The summed E-state index contributed by atoms with van der Waals surface area (Å²) in [6, 6.07) is 10.3. The third-order valence-corrected chi connectivity index (χ3v) is 8.31. The monoisotopic (exact) mass is 718 g/mol. The van der Waals surface area contributed by atoms with E-state index in [1.54, 1.807) is 0 Å². The number of halogens is 1. The summed E-state index contributed by atoms with van der Waals surface area (Å²) in [4.78, 5) is 73.3. The van der Waals surface area contributed by atoms with Crippen molar-refractivity contribution in [3.63, 3.8) is 0 Å². The van der Waals surface area contributed by atoms with Crippen LogP contribution in [0.4, 0.5) is 16.2 Å². The summed E-state index contributed by atoms with van der Waals surface area (Å²) < 4.78 is 15.9. The molecule has 0 spiro atoms. The molecule has 15 nitrogen and oxygen atoms in total. The van der Waals surface area contributed by atoms with Crippen molar-refractivity contribution < 1.29 is 43.2 Å². The van der Waals surface area contributed by atoms with Gasteiger partial charge in [0.1, 0.15) is 25.0 Å². The molecule has 2 amide bonds. The lowest BCUT2D eigenvalue weighted by molar-refractivity contribution is -0.385. The van der Waals surface area contributed by atoms with Gasteiger partial charge in [-0.1, -0.05) is 27.7 Å². The van der Waals surface area contributed by atoms with Crippen LogP contribution in [0.25, 0.3) is 0 Å². The van der Waals surface area contributed by atoms with Crippen LogP contribution in [0.5, 0.6) is 0 Å². The van der Waals surface area contributed by atoms with E-state index in [4.69, 9.17) is 14.2 Å². The highest BCUT2D eigenvalue weighted by atomic mass is 79.9. The van der Waals surface area contributed by atoms with Crippen molar-refractivity contribution in [2.24, 2.45) is 5.92 Å². The second kappa shape index (κ2) is 15.5. The molecule has 2 heterocycles. The maximum Gasteiger partial charge on any atom is 0.508 e. The third kappa shape index (κ3) is 8.28. The first kappa shape index (κ1) is 34.1. The molecule has 2 aromatic carbocycles. The zero-order chi connectivity index (χ0) is 33.4. The summed E-state index contributed by atoms with van der Waals surface area (Å²) in [6.07, 6.45) is -0.452. The van der Waals surface area contributed by atoms with Crippen molar-refractivity contribution >= 4 is 63.0 Å². The van der Waals surface area contributed by atoms with E-state index in [9.17, 15) is 39.4 Å². The van der Waals surface area contributed by atoms with Gasteiger partial charge in [-0.05, 0) is 47.7 Å². The molecule has 0 radical (unpaired) electrons. The Morgan fingerprint density at radius 2 is 1.59 bits per heavy atom. The summed E-state index contributed by atoms with van der Waals surface area (Å²) in [5.74, 6) is -2.42. The number of β-lactam (4-membered cyclic amide) rings is 1. The summed E-state index contributed by atoms with van der Waals surface area (Å²) >= 11 is 4.30. The molecule has 242 valence electrons. The van der Waals surface area contributed by atoms with Crippen LogP contribution in [0.3, 0.4) is 0 Å². The molecule has 2 aliphatic heterocycles. The van der Waals surface area contributed by atoms with Crippen LogP contribution in [-0.4, -0.2) is 62.7 Å². The number of rotatable bonds is 14. The van der Waals surface area contributed by atoms with Crippen molar-refractivity contribution in [3.05, 3.63) is 102 Å². The third-order valence-electron chi connectivity index (χ3n) is 6.99. The highest BCUT2D eigenvalue weighted by molar-refractivity contribution is 9.09. The normalized spacial score (nSPS) is 17.6. The van der Waals surface area contributed by atoms with E-state index in [2.05, 4.69) is 21.2 Å². The van der Waals surface area contributed by atoms with E-state index in [0.29, 0.717) is 27.9 Å². The second-order valence-corrected chi connectivity index (χ2v) is 11.8. The molecule has 3 atom stereocenters. The van der Waals surface area contributed by atoms with E-state index in [-0.39, 0.29) is 42.6 Å². The molecule has 0 bridgehead atoms. The van der Waals surface area contributed by atoms with Crippen LogP contribution in [0, 0.1) is 26.1 Å². The molecular formula is C29H27BrN4O11S. The van der Waals surface area contributed by atoms with E-state index < -0.39 is 45.9 Å². The summed E-state index contributed by atoms with van der Waals surface area (Å²) in [7, 11) is 0. The van der Waals surface area contributed by atoms with Crippen molar-refractivity contribution in [1.29, 1.82) is 0 Å². The van der Waals surface area contributed by atoms with Crippen molar-refractivity contribution in [2.75, 3.05) is 11.9 Å². The number of nitro benzene ring substituents is 2. The molecule has 2 aliphatic rings. The van der Waals surface area contributed by atoms with Gasteiger partial charge in [-0.2, -0.15) is 0 Å². The number of benzene rings is 2. The molecule has 17 heteroatoms. The Bertz CT molecular complexity index is 1580. The number of hydrogen-bond donors (Lipinski definition) is 1. The zero-order valence-corrected chi connectivity index (χ0v) is 26.6. The van der Waals surface area contributed by atoms with Gasteiger partial charge in [0.25, 0.3) is 11.4 Å². The fourth-order valence-corrected chi connectivity index (χ4v) is 5.88. The fourth-order valence-electron chi connectivity index (χ4n) is 4.77. The lowest BCUT2D eigenvalue weighted by Gasteiger charge is -2.45. The zero-order valence-electron chi connectivity index (χ0n) is 24.2. The van der Waals surface area contributed by atoms with Crippen molar-refractivity contribution in [1.82, 2.24) is 10.2 Å². The number of thioether (sulfide) groups is 1. The first-order valence-corrected chi connectivity index (χ1v) is 15.7. The molecule has 1 saturated heterocycles. The standard InChI is InChI=1S/C29H27BrN4O11S/c1-17(45-29(38)44-16-19-4-8-21(9-5-19)34(41)42)25-22-14-23(46-13-10-24(35)31-12-11-30)26(32(22)27(25)36)28(37)43-15-18-2-6-20(7-3-18)33(39)40/h2-10,13,17,22,25H,11-12,14-16H2,1H3,(H,31,35)/b13-10+. The summed E-state index contributed by atoms with van der Waals surface area (Å²) in [6.45, 7) is 1.52. The minimum absolute atomic E-state index is 0.00312. The van der Waals surface area contributed by atoms with Crippen LogP contribution >= 0.6 is 27.7 Å². The summed E-state index contributed by atoms with van der Waals surface area (Å²) in [5.41, 5.74) is 0.753. The molecule has 0 aromatic heterocycles. The largest absolute Gasteiger partial charge is 0.508 e. The molecule has 1 fully saturated rings. The van der Waals surface area contributed by atoms with Crippen molar-refractivity contribution in [2.45, 2.75) is 38.7 Å². The Morgan fingerprint density at radius 3 is 2.13 bits per heavy atom. The highest BCUT2D eigenvalue weighted by Gasteiger charge is 2.58. The average Bonchev–Trinajstić information content (AvgIpc) is 3.35. The number of esters is 1. The summed E-state index contributed by atoms with van der Waals surface area (Å²) in [5, 5.41) is 26.4. The van der Waals surface area contributed by atoms with Gasteiger partial charge in [0, 0.05) is 53.5 Å². The number of ether oxygens (including phenoxy) is 3. The number of carbonyl (C=O) groups excluding carboxylic acids is 4. The number of nitrogens with one attached hydrogen (secondary N) is 1. The van der Waals surface area contributed by atoms with E-state index in [0.717, 1.165) is 11.8 Å². The molecule has 0 saturated carbocycles. The van der Waals surface area contributed by atoms with Gasteiger partial charge in [-0.3, -0.25) is 29.8 Å². The Labute approximate surface area is 274 Å². The van der Waals surface area contributed by atoms with Gasteiger partial charge >= 0.3 is 12.1 Å². The lowest BCUT2D eigenvalue weighted by Crippen LogP contribution is -2.62. The molecular weight excluding hydrogens is 692 g/mol. The molecule has 4 rings (SSSR count). The fraction of sp³-hybridized carbons (Fsp3) is 0.310. The Morgan fingerprint density at radius 1 is 1.02 bits per heavy atom. The number of carbonyl (C=O) groups is 4. The van der Waals surface area contributed by atoms with Gasteiger partial charge in [0.05, 0.1) is 21.8 Å². The Kier molecular flexibility index (Phi) is 11.5. The predicted molar refractivity (Wildman–Crippen MR) is 166 cm³/mol. The van der Waals surface area contributed by atoms with Crippen LogP contribution in [-0.2, 0) is 41.8 Å². The van der Waals surface area contributed by atoms with Gasteiger partial charge in [-0.25, -0.2) is 9.59 Å². The highest BCUT2D eigenvalue weighted by Crippen LogP contribution is 2.48. The first-order chi connectivity index (χ1) is 22.0. The second-order valence-electron chi connectivity index (χ2n) is 9.96. The van der Waals surface area contributed by atoms with E-state index in [1.807, 2.05) is 0 Å². The van der Waals surface area contributed by atoms with Crippen LogP contribution in [0.15, 0.2) is 70.6 Å². The van der Waals surface area contributed by atoms with Gasteiger partial charge in [0.15, 0.2) is 0 Å². The number of hydrogen-bond acceptors (Lipinski definition) is 12. The maximum absolute atomic E-state index is 13.3. The number of amides is 2. The van der Waals surface area contributed by atoms with Gasteiger partial charge in [-0.15, -0.1) is 0 Å². The van der Waals surface area contributed by atoms with Crippen LogP contribution < -0.4 is 5.32 Å². The molecule has 46 heavy (non-hydrogen) atoms. The maximum atomic E-state index is 13.3. The number of nitrogens with zero attached hydrogens (tertiary/aromatic N) is 3. The minimum atomic E-state index is -1.04. The van der Waals surface area contributed by atoms with Crippen LogP contribution in [0.2, 0.25) is 0 Å². The number of fused-ring (bicyclic) bond motifs is 1. The number of non-ortho nitro benzene ring substituents is 2. The first-order valence-electron chi connectivity index (χ1n) is 13.7. The van der Waals surface area contributed by atoms with E-state index in [1.165, 1.54) is 71.8 Å². The molecule has 0 aliphatic carbocycles. The molecule has 2 aromatic rings. The van der Waals surface area contributed by atoms with Gasteiger partial charge in [0.2, 0.25) is 11.8 Å². The SMILES string of the molecule is CC(OC(=O)OCc1ccc([N+](=O)[O-])cc1)C1C(=O)N2C(C(=O)OCc3ccc([N+](=O)[O-])cc3)=C(S/C=C/C(=O)NCCBr)CC12. The average molecular weight is 720 g/mol. The van der Waals surface area contributed by atoms with Crippen molar-refractivity contribution in [3.8, 4) is 0 Å². The predicted octanol–water partition coefficient (Wildman–Crippen LogP) is 4.49. The lowest BCUT2D eigenvalue weighted by atomic mass is 9.83. The number of alkyl halides is 1. The minimum Gasteiger partial charge on any atom is -0.456 e. The Hall–Kier alpha value is -4.77. The molecule has 1 N–H and O–H groups in total. The van der Waals surface area contributed by atoms with E-state index >= 15 is 0 Å². The van der Waals surface area contributed by atoms with Crippen LogP contribution in [0.1, 0.15) is 24.5 Å². The van der Waals surface area contributed by atoms with Gasteiger partial charge < -0.3 is 24.4 Å². The topological polar surface area (TPSA) is 198 Å². The molecule has 3 unspecified atom stereocenters. The Balaban J connectivity index is 1.40. The smallest absolute Gasteiger partial charge is 0.456 e. The number of nitro groups is 2.